The summed E-state index contributed by atoms with van der Waals surface area (Å²) in [5.74, 6) is 0. The highest BCUT2D eigenvalue weighted by atomic mass is 79.9. The number of hydrogen-bond donors (Lipinski definition) is 2. The third-order valence-corrected chi connectivity index (χ3v) is 5.17. The van der Waals surface area contributed by atoms with Crippen LogP contribution in [0.1, 0.15) is 5.56 Å². The summed E-state index contributed by atoms with van der Waals surface area (Å²) in [4.78, 5) is 0.0513. The fourth-order valence-corrected chi connectivity index (χ4v) is 3.57. The standard InChI is InChI=1S/C13H9Br2N3O2S/c14-9-1-4-13(8(5-9)7-16)18-21(19,20)10-2-3-12(17)11(15)6-10/h1-6,18H,17H2. The van der Waals surface area contributed by atoms with E-state index in [1.165, 1.54) is 30.3 Å². The highest BCUT2D eigenvalue weighted by Gasteiger charge is 2.17. The van der Waals surface area contributed by atoms with Crippen molar-refractivity contribution in [2.24, 2.45) is 0 Å². The van der Waals surface area contributed by atoms with Gasteiger partial charge in [0.15, 0.2) is 0 Å². The first-order valence-electron chi connectivity index (χ1n) is 5.61. The molecule has 5 nitrogen and oxygen atoms in total. The normalized spacial score (nSPS) is 10.9. The molecule has 0 saturated carbocycles. The molecule has 0 saturated heterocycles. The molecule has 3 N–H and O–H groups in total. The molecule has 0 aliphatic heterocycles. The van der Waals surface area contributed by atoms with E-state index in [2.05, 4.69) is 36.6 Å². The number of nitrogens with one attached hydrogen (secondary N) is 1. The van der Waals surface area contributed by atoms with Gasteiger partial charge in [-0.15, -0.1) is 0 Å². The minimum absolute atomic E-state index is 0.0513. The van der Waals surface area contributed by atoms with Crippen LogP contribution in [0.5, 0.6) is 0 Å². The van der Waals surface area contributed by atoms with Crippen LogP contribution in [-0.2, 0) is 10.0 Å². The first-order chi connectivity index (χ1) is 9.83. The predicted molar refractivity (Wildman–Crippen MR) is 88.2 cm³/mol. The Morgan fingerprint density at radius 3 is 2.48 bits per heavy atom. The van der Waals surface area contributed by atoms with E-state index >= 15 is 0 Å². The van der Waals surface area contributed by atoms with Crippen molar-refractivity contribution < 1.29 is 8.42 Å². The van der Waals surface area contributed by atoms with E-state index in [1.54, 1.807) is 6.07 Å². The highest BCUT2D eigenvalue weighted by Crippen LogP contribution is 2.26. The minimum Gasteiger partial charge on any atom is -0.398 e. The Morgan fingerprint density at radius 2 is 1.86 bits per heavy atom. The second kappa shape index (κ2) is 6.05. The predicted octanol–water partition coefficient (Wildman–Crippen LogP) is 3.47. The van der Waals surface area contributed by atoms with Gasteiger partial charge in [-0.25, -0.2) is 8.42 Å². The Hall–Kier alpha value is -1.56. The van der Waals surface area contributed by atoms with Crippen molar-refractivity contribution in [2.75, 3.05) is 10.5 Å². The number of benzene rings is 2. The van der Waals surface area contributed by atoms with Crippen molar-refractivity contribution in [3.8, 4) is 6.07 Å². The maximum Gasteiger partial charge on any atom is 0.261 e. The van der Waals surface area contributed by atoms with Crippen LogP contribution in [0.25, 0.3) is 0 Å². The summed E-state index contributed by atoms with van der Waals surface area (Å²) in [5.41, 5.74) is 6.52. The maximum atomic E-state index is 12.3. The molecule has 2 rings (SSSR count). The number of rotatable bonds is 3. The van der Waals surface area contributed by atoms with Crippen LogP contribution < -0.4 is 10.5 Å². The summed E-state index contributed by atoms with van der Waals surface area (Å²) in [5, 5.41) is 9.06. The number of nitrogens with zero attached hydrogens (tertiary/aromatic N) is 1. The Bertz CT molecular complexity index is 845. The quantitative estimate of drug-likeness (QED) is 0.728. The lowest BCUT2D eigenvalue weighted by Gasteiger charge is -2.10. The van der Waals surface area contributed by atoms with Crippen molar-refractivity contribution in [3.05, 3.63) is 50.9 Å². The molecule has 0 atom stereocenters. The molecule has 0 bridgehead atoms. The number of nitrogen functional groups attached to an aromatic ring is 1. The number of nitrogens with two attached hydrogens (primary N) is 1. The third-order valence-electron chi connectivity index (χ3n) is 2.63. The Kier molecular flexibility index (Phi) is 4.56. The molecule has 0 heterocycles. The monoisotopic (exact) mass is 429 g/mol. The lowest BCUT2D eigenvalue weighted by atomic mass is 10.2. The van der Waals surface area contributed by atoms with Crippen LogP contribution in [0.15, 0.2) is 50.2 Å². The van der Waals surface area contributed by atoms with Gasteiger partial charge in [-0.2, -0.15) is 5.26 Å². The van der Waals surface area contributed by atoms with Gasteiger partial charge in [-0.3, -0.25) is 4.72 Å². The molecule has 0 spiro atoms. The summed E-state index contributed by atoms with van der Waals surface area (Å²) in [6.07, 6.45) is 0. The van der Waals surface area contributed by atoms with Crippen molar-refractivity contribution in [1.29, 1.82) is 5.26 Å². The van der Waals surface area contributed by atoms with Crippen LogP contribution in [0.2, 0.25) is 0 Å². The van der Waals surface area contributed by atoms with E-state index in [0.717, 1.165) is 0 Å². The molecule has 0 aromatic heterocycles. The number of sulfonamides is 1. The van der Waals surface area contributed by atoms with Gasteiger partial charge in [0.1, 0.15) is 6.07 Å². The Labute approximate surface area is 139 Å². The van der Waals surface area contributed by atoms with Crippen LogP contribution in [0.4, 0.5) is 11.4 Å². The number of anilines is 2. The molecule has 0 amide bonds. The first-order valence-corrected chi connectivity index (χ1v) is 8.68. The Morgan fingerprint density at radius 1 is 1.14 bits per heavy atom. The lowest BCUT2D eigenvalue weighted by Crippen LogP contribution is -2.14. The second-order valence-electron chi connectivity index (χ2n) is 4.09. The molecule has 108 valence electrons. The van der Waals surface area contributed by atoms with E-state index in [0.29, 0.717) is 14.6 Å². The van der Waals surface area contributed by atoms with Crippen LogP contribution in [0, 0.1) is 11.3 Å². The van der Waals surface area contributed by atoms with E-state index in [4.69, 9.17) is 11.0 Å². The van der Waals surface area contributed by atoms with Gasteiger partial charge in [0.05, 0.1) is 16.1 Å². The third kappa shape index (κ3) is 3.56. The average molecular weight is 431 g/mol. The van der Waals surface area contributed by atoms with E-state index in [9.17, 15) is 8.42 Å². The fourth-order valence-electron chi connectivity index (χ4n) is 1.58. The van der Waals surface area contributed by atoms with Gasteiger partial charge in [0, 0.05) is 14.6 Å². The van der Waals surface area contributed by atoms with Crippen LogP contribution in [-0.4, -0.2) is 8.42 Å². The molecule has 0 radical (unpaired) electrons. The van der Waals surface area contributed by atoms with Crippen molar-refractivity contribution in [2.45, 2.75) is 4.90 Å². The first kappa shape index (κ1) is 15.8. The largest absolute Gasteiger partial charge is 0.398 e. The van der Waals surface area contributed by atoms with Crippen LogP contribution in [0.3, 0.4) is 0 Å². The van der Waals surface area contributed by atoms with E-state index in [-0.39, 0.29) is 16.1 Å². The maximum absolute atomic E-state index is 12.3. The van der Waals surface area contributed by atoms with Crippen molar-refractivity contribution in [1.82, 2.24) is 0 Å². The number of hydrogen-bond acceptors (Lipinski definition) is 4. The summed E-state index contributed by atoms with van der Waals surface area (Å²) in [6.45, 7) is 0. The smallest absolute Gasteiger partial charge is 0.261 e. The molecule has 0 aliphatic carbocycles. The minimum atomic E-state index is -3.80. The van der Waals surface area contributed by atoms with Crippen molar-refractivity contribution in [3.63, 3.8) is 0 Å². The van der Waals surface area contributed by atoms with Gasteiger partial charge in [-0.05, 0) is 52.3 Å². The molecule has 0 unspecified atom stereocenters. The lowest BCUT2D eigenvalue weighted by molar-refractivity contribution is 0.601. The zero-order valence-electron chi connectivity index (χ0n) is 10.5. The van der Waals surface area contributed by atoms with E-state index < -0.39 is 10.0 Å². The van der Waals surface area contributed by atoms with Gasteiger partial charge < -0.3 is 5.73 Å². The van der Waals surface area contributed by atoms with Gasteiger partial charge in [0.2, 0.25) is 0 Å². The molecule has 0 aliphatic rings. The zero-order chi connectivity index (χ0) is 15.6. The van der Waals surface area contributed by atoms with Crippen LogP contribution >= 0.6 is 31.9 Å². The molecular weight excluding hydrogens is 422 g/mol. The Balaban J connectivity index is 2.42. The van der Waals surface area contributed by atoms with Crippen molar-refractivity contribution >= 4 is 53.3 Å². The SMILES string of the molecule is N#Cc1cc(Br)ccc1NS(=O)(=O)c1ccc(N)c(Br)c1. The molecule has 2 aromatic carbocycles. The zero-order valence-corrected chi connectivity index (χ0v) is 14.5. The second-order valence-corrected chi connectivity index (χ2v) is 7.54. The number of nitriles is 1. The van der Waals surface area contributed by atoms with Gasteiger partial charge in [0.25, 0.3) is 10.0 Å². The molecule has 8 heteroatoms. The summed E-state index contributed by atoms with van der Waals surface area (Å²) in [6, 6.07) is 10.9. The number of halogens is 2. The summed E-state index contributed by atoms with van der Waals surface area (Å²) < 4.78 is 28.2. The average Bonchev–Trinajstić information content (AvgIpc) is 2.43. The topological polar surface area (TPSA) is 96.0 Å². The molecule has 2 aromatic rings. The summed E-state index contributed by atoms with van der Waals surface area (Å²) >= 11 is 6.42. The van der Waals surface area contributed by atoms with E-state index in [1.807, 2.05) is 6.07 Å². The van der Waals surface area contributed by atoms with Gasteiger partial charge in [-0.1, -0.05) is 15.9 Å². The highest BCUT2D eigenvalue weighted by molar-refractivity contribution is 9.10. The van der Waals surface area contributed by atoms with Gasteiger partial charge >= 0.3 is 0 Å². The molecule has 21 heavy (non-hydrogen) atoms. The molecule has 0 fully saturated rings. The fraction of sp³-hybridized carbons (Fsp3) is 0. The summed E-state index contributed by atoms with van der Waals surface area (Å²) in [7, 11) is -3.80. The molecular formula is C13H9Br2N3O2S.